The number of likely N-dealkylation sites (tertiary alicyclic amines) is 1. The summed E-state index contributed by atoms with van der Waals surface area (Å²) in [5.41, 5.74) is 2.22. The number of nitrogens with one attached hydrogen (secondary N) is 1. The Kier molecular flexibility index (Phi) is 6.14. The second kappa shape index (κ2) is 9.12. The lowest BCUT2D eigenvalue weighted by Gasteiger charge is -2.32. The van der Waals surface area contributed by atoms with Gasteiger partial charge in [-0.15, -0.1) is 11.3 Å². The average molecular weight is 396 g/mol. The van der Waals surface area contributed by atoms with E-state index in [1.54, 1.807) is 28.4 Å². The first-order valence-corrected chi connectivity index (χ1v) is 10.6. The Bertz CT molecular complexity index is 877. The van der Waals surface area contributed by atoms with E-state index in [2.05, 4.69) is 32.8 Å². The van der Waals surface area contributed by atoms with Gasteiger partial charge in [0.1, 0.15) is 11.6 Å². The summed E-state index contributed by atoms with van der Waals surface area (Å²) in [7, 11) is 0. The molecule has 1 amide bonds. The summed E-state index contributed by atoms with van der Waals surface area (Å²) in [4.78, 5) is 19.3. The fourth-order valence-electron chi connectivity index (χ4n) is 3.63. The van der Waals surface area contributed by atoms with Gasteiger partial charge in [-0.25, -0.2) is 4.98 Å². The second-order valence-electron chi connectivity index (χ2n) is 7.24. The lowest BCUT2D eigenvalue weighted by Crippen LogP contribution is -2.41. The molecule has 0 bridgehead atoms. The highest BCUT2D eigenvalue weighted by Crippen LogP contribution is 2.24. The molecule has 0 aliphatic carbocycles. The van der Waals surface area contributed by atoms with Gasteiger partial charge < -0.3 is 5.32 Å². The van der Waals surface area contributed by atoms with E-state index >= 15 is 0 Å². The summed E-state index contributed by atoms with van der Waals surface area (Å²) in [6.45, 7) is 3.99. The number of benzene rings is 1. The van der Waals surface area contributed by atoms with E-state index in [4.69, 9.17) is 4.98 Å². The second-order valence-corrected chi connectivity index (χ2v) is 8.19. The van der Waals surface area contributed by atoms with Gasteiger partial charge in [-0.1, -0.05) is 30.3 Å². The summed E-state index contributed by atoms with van der Waals surface area (Å²) >= 11 is 1.73. The van der Waals surface area contributed by atoms with E-state index in [0.717, 1.165) is 49.7 Å². The van der Waals surface area contributed by atoms with Crippen molar-refractivity contribution in [2.45, 2.75) is 25.9 Å². The maximum atomic E-state index is 12.1. The minimum absolute atomic E-state index is 0.0215. The highest BCUT2D eigenvalue weighted by molar-refractivity contribution is 7.09. The highest BCUT2D eigenvalue weighted by Gasteiger charge is 2.21. The molecular formula is C21H25N5OS. The van der Waals surface area contributed by atoms with Crippen LogP contribution in [-0.4, -0.2) is 45.2 Å². The lowest BCUT2D eigenvalue weighted by atomic mass is 9.98. The molecule has 0 spiro atoms. The summed E-state index contributed by atoms with van der Waals surface area (Å²) in [6.07, 6.45) is 5.82. The minimum Gasteiger partial charge on any atom is -0.354 e. The zero-order valence-electron chi connectivity index (χ0n) is 15.8. The van der Waals surface area contributed by atoms with E-state index in [0.29, 0.717) is 5.92 Å². The third-order valence-corrected chi connectivity index (χ3v) is 5.87. The van der Waals surface area contributed by atoms with Crippen molar-refractivity contribution in [3.63, 3.8) is 0 Å². The molecule has 1 atom stereocenters. The zero-order chi connectivity index (χ0) is 19.2. The fourth-order valence-corrected chi connectivity index (χ4v) is 4.48. The largest absolute Gasteiger partial charge is 0.354 e. The molecule has 0 radical (unpaired) electrons. The molecule has 1 saturated heterocycles. The third kappa shape index (κ3) is 5.05. The molecule has 1 aliphatic rings. The predicted molar refractivity (Wildman–Crippen MR) is 111 cm³/mol. The van der Waals surface area contributed by atoms with Crippen LogP contribution in [0.15, 0.2) is 54.2 Å². The number of rotatable bonds is 7. The van der Waals surface area contributed by atoms with E-state index in [-0.39, 0.29) is 12.5 Å². The van der Waals surface area contributed by atoms with E-state index in [9.17, 15) is 4.79 Å². The van der Waals surface area contributed by atoms with Crippen LogP contribution < -0.4 is 5.32 Å². The topological polar surface area (TPSA) is 63.1 Å². The quantitative estimate of drug-likeness (QED) is 0.668. The molecule has 1 fully saturated rings. The molecule has 3 heterocycles. The van der Waals surface area contributed by atoms with Crippen molar-refractivity contribution in [3.8, 4) is 11.3 Å². The normalized spacial score (nSPS) is 17.5. The van der Waals surface area contributed by atoms with Crippen LogP contribution in [0.1, 0.15) is 17.8 Å². The van der Waals surface area contributed by atoms with Crippen LogP contribution in [0, 0.1) is 5.92 Å². The molecule has 3 aromatic rings. The molecule has 1 aliphatic heterocycles. The smallest absolute Gasteiger partial charge is 0.241 e. The van der Waals surface area contributed by atoms with Gasteiger partial charge in [-0.3, -0.25) is 14.4 Å². The van der Waals surface area contributed by atoms with E-state index in [1.807, 2.05) is 24.3 Å². The van der Waals surface area contributed by atoms with Gasteiger partial charge in [0.15, 0.2) is 0 Å². The van der Waals surface area contributed by atoms with Crippen LogP contribution in [0.2, 0.25) is 0 Å². The van der Waals surface area contributed by atoms with Crippen molar-refractivity contribution < 1.29 is 4.79 Å². The Labute approximate surface area is 169 Å². The number of amides is 1. The van der Waals surface area contributed by atoms with E-state index in [1.165, 1.54) is 5.56 Å². The number of aromatic nitrogens is 3. The van der Waals surface area contributed by atoms with Crippen molar-refractivity contribution in [1.29, 1.82) is 0 Å². The van der Waals surface area contributed by atoms with Gasteiger partial charge >= 0.3 is 0 Å². The van der Waals surface area contributed by atoms with Gasteiger partial charge in [0.05, 0.1) is 12.2 Å². The first-order valence-electron chi connectivity index (χ1n) is 9.72. The molecule has 0 saturated carbocycles. The SMILES string of the molecule is O=C(Cn1cccn1)NCC1CCCN(Cc2nc(-c3ccccc3)cs2)C1. The molecule has 7 heteroatoms. The Morgan fingerprint density at radius 3 is 2.96 bits per heavy atom. The van der Waals surface area contributed by atoms with Crippen molar-refractivity contribution in [2.75, 3.05) is 19.6 Å². The Morgan fingerprint density at radius 1 is 1.25 bits per heavy atom. The molecule has 2 aromatic heterocycles. The van der Waals surface area contributed by atoms with Crippen LogP contribution in [0.4, 0.5) is 0 Å². The molecule has 146 valence electrons. The molecule has 6 nitrogen and oxygen atoms in total. The molecule has 28 heavy (non-hydrogen) atoms. The molecule has 1 aromatic carbocycles. The third-order valence-electron chi connectivity index (χ3n) is 5.04. The summed E-state index contributed by atoms with van der Waals surface area (Å²) in [6, 6.07) is 12.1. The molecule has 1 unspecified atom stereocenters. The summed E-state index contributed by atoms with van der Waals surface area (Å²) in [5.74, 6) is 0.511. The Balaban J connectivity index is 1.26. The van der Waals surface area contributed by atoms with Crippen LogP contribution in [0.5, 0.6) is 0 Å². The Hall–Kier alpha value is -2.51. The summed E-state index contributed by atoms with van der Waals surface area (Å²) < 4.78 is 1.65. The molecular weight excluding hydrogens is 370 g/mol. The van der Waals surface area contributed by atoms with Crippen LogP contribution in [0.3, 0.4) is 0 Å². The van der Waals surface area contributed by atoms with Gasteiger partial charge in [0, 0.05) is 36.4 Å². The number of piperidine rings is 1. The van der Waals surface area contributed by atoms with Crippen molar-refractivity contribution in [1.82, 2.24) is 25.0 Å². The predicted octanol–water partition coefficient (Wildman–Crippen LogP) is 3.04. The number of hydrogen-bond donors (Lipinski definition) is 1. The number of carbonyl (C=O) groups excluding carboxylic acids is 1. The highest BCUT2D eigenvalue weighted by atomic mass is 32.1. The maximum absolute atomic E-state index is 12.1. The maximum Gasteiger partial charge on any atom is 0.241 e. The summed E-state index contributed by atoms with van der Waals surface area (Å²) in [5, 5.41) is 10.4. The number of nitrogens with zero attached hydrogens (tertiary/aromatic N) is 4. The Morgan fingerprint density at radius 2 is 2.14 bits per heavy atom. The zero-order valence-corrected chi connectivity index (χ0v) is 16.6. The first-order chi connectivity index (χ1) is 13.8. The van der Waals surface area contributed by atoms with Gasteiger partial charge in [-0.2, -0.15) is 5.10 Å². The number of hydrogen-bond acceptors (Lipinski definition) is 5. The van der Waals surface area contributed by atoms with Gasteiger partial charge in [0.2, 0.25) is 5.91 Å². The van der Waals surface area contributed by atoms with Crippen LogP contribution >= 0.6 is 11.3 Å². The number of thiazole rings is 1. The minimum atomic E-state index is 0.0215. The number of carbonyl (C=O) groups is 1. The fraction of sp³-hybridized carbons (Fsp3) is 0.381. The average Bonchev–Trinajstić information content (AvgIpc) is 3.40. The van der Waals surface area contributed by atoms with Crippen molar-refractivity contribution in [2.24, 2.45) is 5.92 Å². The first kappa shape index (κ1) is 18.8. The monoisotopic (exact) mass is 395 g/mol. The lowest BCUT2D eigenvalue weighted by molar-refractivity contribution is -0.122. The standard InChI is InChI=1S/C21H25N5OS/c27-20(14-26-11-5-9-23-26)22-12-17-6-4-10-25(13-17)15-21-24-19(16-28-21)18-7-2-1-3-8-18/h1-3,5,7-9,11,16-17H,4,6,10,12-15H2,(H,22,27). The van der Waals surface area contributed by atoms with E-state index < -0.39 is 0 Å². The van der Waals surface area contributed by atoms with Crippen molar-refractivity contribution in [3.05, 3.63) is 59.2 Å². The molecule has 4 rings (SSSR count). The van der Waals surface area contributed by atoms with Gasteiger partial charge in [-0.05, 0) is 31.4 Å². The van der Waals surface area contributed by atoms with Crippen molar-refractivity contribution >= 4 is 17.2 Å². The molecule has 1 N–H and O–H groups in total. The van der Waals surface area contributed by atoms with Gasteiger partial charge in [0.25, 0.3) is 0 Å². The van der Waals surface area contributed by atoms with Crippen LogP contribution in [-0.2, 0) is 17.9 Å². The van der Waals surface area contributed by atoms with Crippen LogP contribution in [0.25, 0.3) is 11.3 Å².